The number of halogens is 3. The first-order chi connectivity index (χ1) is 9.81. The van der Waals surface area contributed by atoms with E-state index in [-0.39, 0.29) is 17.8 Å². The van der Waals surface area contributed by atoms with Crippen LogP contribution in [-0.4, -0.2) is 22.6 Å². The molecular formula is C14H23F3N4. The summed E-state index contributed by atoms with van der Waals surface area (Å²) in [7, 11) is 0. The van der Waals surface area contributed by atoms with Crippen molar-refractivity contribution in [3.63, 3.8) is 0 Å². The Balaban J connectivity index is 3.02. The highest BCUT2D eigenvalue weighted by atomic mass is 19.4. The summed E-state index contributed by atoms with van der Waals surface area (Å²) in [6, 6.07) is 1.00. The van der Waals surface area contributed by atoms with Crippen LogP contribution in [0.1, 0.15) is 46.2 Å². The molecule has 0 aromatic carbocycles. The first-order valence-electron chi connectivity index (χ1n) is 7.28. The van der Waals surface area contributed by atoms with E-state index in [1.165, 1.54) is 0 Å². The molecule has 0 bridgehead atoms. The Morgan fingerprint density at radius 1 is 1.14 bits per heavy atom. The number of rotatable bonds is 7. The molecule has 0 amide bonds. The van der Waals surface area contributed by atoms with Crippen molar-refractivity contribution in [3.05, 3.63) is 11.8 Å². The Morgan fingerprint density at radius 2 is 1.76 bits per heavy atom. The Morgan fingerprint density at radius 3 is 2.24 bits per heavy atom. The van der Waals surface area contributed by atoms with E-state index in [0.29, 0.717) is 12.5 Å². The molecule has 1 rings (SSSR count). The van der Waals surface area contributed by atoms with E-state index in [9.17, 15) is 13.2 Å². The van der Waals surface area contributed by atoms with Gasteiger partial charge in [0.25, 0.3) is 0 Å². The van der Waals surface area contributed by atoms with Crippen molar-refractivity contribution in [2.24, 2.45) is 5.92 Å². The number of hydrogen-bond donors (Lipinski definition) is 2. The lowest BCUT2D eigenvalue weighted by molar-refractivity contribution is -0.141. The fourth-order valence-electron chi connectivity index (χ4n) is 2.25. The van der Waals surface area contributed by atoms with Crippen molar-refractivity contribution in [1.82, 2.24) is 9.97 Å². The van der Waals surface area contributed by atoms with Crippen LogP contribution in [-0.2, 0) is 6.18 Å². The molecule has 0 saturated carbocycles. The molecule has 7 heteroatoms. The summed E-state index contributed by atoms with van der Waals surface area (Å²) in [6.45, 7) is 8.33. The van der Waals surface area contributed by atoms with Crippen molar-refractivity contribution in [1.29, 1.82) is 0 Å². The average Bonchev–Trinajstić information content (AvgIpc) is 2.39. The van der Waals surface area contributed by atoms with Gasteiger partial charge >= 0.3 is 6.18 Å². The van der Waals surface area contributed by atoms with Crippen LogP contribution < -0.4 is 10.6 Å². The first kappa shape index (κ1) is 17.5. The highest BCUT2D eigenvalue weighted by Gasteiger charge is 2.34. The lowest BCUT2D eigenvalue weighted by Gasteiger charge is -2.23. The average molecular weight is 304 g/mol. The quantitative estimate of drug-likeness (QED) is 0.794. The molecule has 1 aromatic heterocycles. The third kappa shape index (κ3) is 5.06. The van der Waals surface area contributed by atoms with Gasteiger partial charge in [0.2, 0.25) is 5.95 Å². The topological polar surface area (TPSA) is 49.8 Å². The minimum absolute atomic E-state index is 0.00780. The monoisotopic (exact) mass is 304 g/mol. The predicted octanol–water partition coefficient (Wildman–Crippen LogP) is 4.16. The van der Waals surface area contributed by atoms with Crippen molar-refractivity contribution in [2.45, 2.75) is 52.8 Å². The van der Waals surface area contributed by atoms with Crippen molar-refractivity contribution < 1.29 is 13.2 Å². The molecule has 0 fully saturated rings. The first-order valence-corrected chi connectivity index (χ1v) is 7.28. The Bertz CT molecular complexity index is 444. The number of aromatic nitrogens is 2. The van der Waals surface area contributed by atoms with Crippen LogP contribution >= 0.6 is 0 Å². The molecule has 0 spiro atoms. The predicted molar refractivity (Wildman–Crippen MR) is 78.4 cm³/mol. The Kier molecular flexibility index (Phi) is 6.23. The van der Waals surface area contributed by atoms with Crippen LogP contribution in [0.3, 0.4) is 0 Å². The van der Waals surface area contributed by atoms with Crippen LogP contribution in [0.4, 0.5) is 24.9 Å². The van der Waals surface area contributed by atoms with Gasteiger partial charge in [-0.1, -0.05) is 26.7 Å². The fourth-order valence-corrected chi connectivity index (χ4v) is 2.25. The lowest BCUT2D eigenvalue weighted by atomic mass is 9.95. The van der Waals surface area contributed by atoms with E-state index in [4.69, 9.17) is 0 Å². The molecule has 21 heavy (non-hydrogen) atoms. The van der Waals surface area contributed by atoms with Gasteiger partial charge in [0, 0.05) is 18.7 Å². The van der Waals surface area contributed by atoms with Gasteiger partial charge in [0.1, 0.15) is 5.82 Å². The Labute approximate surface area is 123 Å². The van der Waals surface area contributed by atoms with Crippen LogP contribution in [0.15, 0.2) is 6.07 Å². The van der Waals surface area contributed by atoms with Gasteiger partial charge in [-0.05, 0) is 19.8 Å². The standard InChI is InChI=1S/C14H23F3N4/c1-5-10(6-2)9(4)19-12-8-11(14(15,16)17)20-13(21-12)18-7-3/h8-10H,5-7H2,1-4H3,(H2,18,19,20,21). The highest BCUT2D eigenvalue weighted by molar-refractivity contribution is 5.43. The summed E-state index contributed by atoms with van der Waals surface area (Å²) in [4.78, 5) is 7.59. The molecule has 0 radical (unpaired) electrons. The smallest absolute Gasteiger partial charge is 0.367 e. The van der Waals surface area contributed by atoms with Gasteiger partial charge in [-0.25, -0.2) is 4.98 Å². The van der Waals surface area contributed by atoms with Gasteiger partial charge in [0.05, 0.1) is 0 Å². The lowest BCUT2D eigenvalue weighted by Crippen LogP contribution is -2.26. The third-order valence-corrected chi connectivity index (χ3v) is 3.48. The number of alkyl halides is 3. The van der Waals surface area contributed by atoms with Gasteiger partial charge in [0.15, 0.2) is 5.69 Å². The minimum atomic E-state index is -4.48. The SMILES string of the molecule is CCNc1nc(NC(C)C(CC)CC)cc(C(F)(F)F)n1. The molecule has 120 valence electrons. The molecule has 0 aliphatic rings. The maximum atomic E-state index is 12.9. The van der Waals surface area contributed by atoms with E-state index >= 15 is 0 Å². The zero-order valence-corrected chi connectivity index (χ0v) is 12.9. The van der Waals surface area contributed by atoms with Crippen LogP contribution in [0.2, 0.25) is 0 Å². The molecule has 1 unspecified atom stereocenters. The molecule has 1 heterocycles. The number of hydrogen-bond acceptors (Lipinski definition) is 4. The number of nitrogens with one attached hydrogen (secondary N) is 2. The fraction of sp³-hybridized carbons (Fsp3) is 0.714. The third-order valence-electron chi connectivity index (χ3n) is 3.48. The molecule has 0 aliphatic heterocycles. The molecule has 0 saturated heterocycles. The minimum Gasteiger partial charge on any atom is -0.367 e. The van der Waals surface area contributed by atoms with Crippen molar-refractivity contribution in [3.8, 4) is 0 Å². The number of anilines is 2. The van der Waals surface area contributed by atoms with E-state index in [1.807, 2.05) is 6.92 Å². The van der Waals surface area contributed by atoms with Crippen LogP contribution in [0, 0.1) is 5.92 Å². The maximum absolute atomic E-state index is 12.9. The maximum Gasteiger partial charge on any atom is 0.433 e. The van der Waals surface area contributed by atoms with Gasteiger partial charge in [-0.15, -0.1) is 0 Å². The zero-order valence-electron chi connectivity index (χ0n) is 12.9. The molecule has 2 N–H and O–H groups in total. The summed E-state index contributed by atoms with van der Waals surface area (Å²) in [5.41, 5.74) is -0.937. The second-order valence-electron chi connectivity index (χ2n) is 5.00. The second kappa shape index (κ2) is 7.47. The summed E-state index contributed by atoms with van der Waals surface area (Å²) in [6.07, 6.45) is -2.56. The Hall–Kier alpha value is -1.53. The van der Waals surface area contributed by atoms with Gasteiger partial charge in [-0.3, -0.25) is 0 Å². The molecule has 0 aliphatic carbocycles. The number of nitrogens with zero attached hydrogens (tertiary/aromatic N) is 2. The van der Waals surface area contributed by atoms with Crippen LogP contribution in [0.25, 0.3) is 0 Å². The van der Waals surface area contributed by atoms with Crippen LogP contribution in [0.5, 0.6) is 0 Å². The largest absolute Gasteiger partial charge is 0.433 e. The molecule has 4 nitrogen and oxygen atoms in total. The molecular weight excluding hydrogens is 281 g/mol. The van der Waals surface area contributed by atoms with Gasteiger partial charge in [-0.2, -0.15) is 18.2 Å². The summed E-state index contributed by atoms with van der Waals surface area (Å²) in [5, 5.41) is 5.79. The van der Waals surface area contributed by atoms with E-state index < -0.39 is 11.9 Å². The normalized spacial score (nSPS) is 13.3. The highest BCUT2D eigenvalue weighted by Crippen LogP contribution is 2.30. The second-order valence-corrected chi connectivity index (χ2v) is 5.00. The zero-order chi connectivity index (χ0) is 16.0. The summed E-state index contributed by atoms with van der Waals surface area (Å²) < 4.78 is 38.6. The van der Waals surface area contributed by atoms with Crippen molar-refractivity contribution in [2.75, 3.05) is 17.2 Å². The summed E-state index contributed by atoms with van der Waals surface area (Å²) >= 11 is 0. The molecule has 1 atom stereocenters. The van der Waals surface area contributed by atoms with Crippen molar-refractivity contribution >= 4 is 11.8 Å². The van der Waals surface area contributed by atoms with E-state index in [1.54, 1.807) is 6.92 Å². The van der Waals surface area contributed by atoms with Gasteiger partial charge < -0.3 is 10.6 Å². The van der Waals surface area contributed by atoms with E-state index in [0.717, 1.165) is 18.9 Å². The molecule has 1 aromatic rings. The van der Waals surface area contributed by atoms with E-state index in [2.05, 4.69) is 34.4 Å². The summed E-state index contributed by atoms with van der Waals surface area (Å²) in [5.74, 6) is 0.580.